The van der Waals surface area contributed by atoms with Gasteiger partial charge in [0.15, 0.2) is 0 Å². The van der Waals surface area contributed by atoms with Crippen LogP contribution in [0.4, 0.5) is 10.5 Å². The molecule has 0 unspecified atom stereocenters. The van der Waals surface area contributed by atoms with Gasteiger partial charge in [-0.15, -0.1) is 0 Å². The smallest absolute Gasteiger partial charge is 0.319 e. The summed E-state index contributed by atoms with van der Waals surface area (Å²) in [6.45, 7) is 0.110. The Morgan fingerprint density at radius 3 is 2.91 bits per heavy atom. The Kier molecular flexibility index (Phi) is 4.20. The lowest BCUT2D eigenvalue weighted by Crippen LogP contribution is -2.36. The van der Waals surface area contributed by atoms with E-state index in [4.69, 9.17) is 5.11 Å². The molecule has 1 aliphatic rings. The summed E-state index contributed by atoms with van der Waals surface area (Å²) in [7, 11) is 0. The van der Waals surface area contributed by atoms with Gasteiger partial charge in [-0.2, -0.15) is 5.10 Å². The third-order valence-corrected chi connectivity index (χ3v) is 3.63. The Morgan fingerprint density at radius 1 is 1.32 bits per heavy atom. The van der Waals surface area contributed by atoms with Crippen LogP contribution in [0.1, 0.15) is 6.42 Å². The van der Waals surface area contributed by atoms with Gasteiger partial charge in [0, 0.05) is 31.0 Å². The van der Waals surface area contributed by atoms with Crippen LogP contribution in [-0.2, 0) is 0 Å². The van der Waals surface area contributed by atoms with Crippen molar-refractivity contribution < 1.29 is 9.90 Å². The van der Waals surface area contributed by atoms with E-state index < -0.39 is 0 Å². The maximum atomic E-state index is 12.1. The SMILES string of the molecule is O=C(Nc1ccccc1-n1cccn1)N[C@@H]1C=C[C@H](CO)C1. The molecule has 114 valence electrons. The number of amides is 2. The topological polar surface area (TPSA) is 79.2 Å². The van der Waals surface area contributed by atoms with Gasteiger partial charge < -0.3 is 15.7 Å². The van der Waals surface area contributed by atoms with Crippen molar-refractivity contribution in [2.75, 3.05) is 11.9 Å². The minimum Gasteiger partial charge on any atom is -0.396 e. The highest BCUT2D eigenvalue weighted by Gasteiger charge is 2.20. The predicted octanol–water partition coefficient (Wildman–Crippen LogP) is 1.93. The molecule has 0 bridgehead atoms. The van der Waals surface area contributed by atoms with Crippen LogP contribution in [0.3, 0.4) is 0 Å². The number of hydrogen-bond acceptors (Lipinski definition) is 3. The van der Waals surface area contributed by atoms with Crippen molar-refractivity contribution in [3.05, 3.63) is 54.9 Å². The first kappa shape index (κ1) is 14.3. The zero-order valence-corrected chi connectivity index (χ0v) is 12.0. The number of aliphatic hydroxyl groups is 1. The van der Waals surface area contributed by atoms with E-state index in [2.05, 4.69) is 15.7 Å². The Hall–Kier alpha value is -2.60. The molecular weight excluding hydrogens is 280 g/mol. The van der Waals surface area contributed by atoms with E-state index in [0.29, 0.717) is 5.69 Å². The Morgan fingerprint density at radius 2 is 2.18 bits per heavy atom. The van der Waals surface area contributed by atoms with Crippen LogP contribution in [0.15, 0.2) is 54.9 Å². The van der Waals surface area contributed by atoms with Gasteiger partial charge in [-0.25, -0.2) is 9.48 Å². The summed E-state index contributed by atoms with van der Waals surface area (Å²) in [5.41, 5.74) is 1.49. The summed E-state index contributed by atoms with van der Waals surface area (Å²) in [5, 5.41) is 19.0. The third-order valence-electron chi connectivity index (χ3n) is 3.63. The fraction of sp³-hybridized carbons (Fsp3) is 0.250. The van der Waals surface area contributed by atoms with Crippen molar-refractivity contribution in [1.29, 1.82) is 0 Å². The number of benzene rings is 1. The molecule has 22 heavy (non-hydrogen) atoms. The van der Waals surface area contributed by atoms with E-state index in [0.717, 1.165) is 12.1 Å². The number of aromatic nitrogens is 2. The standard InChI is InChI=1S/C16H18N4O2/c21-11-12-6-7-13(10-12)18-16(22)19-14-4-1-2-5-15(14)20-9-3-8-17-20/h1-9,12-13,21H,10-11H2,(H2,18,19,22)/t12-,13+/m0/s1. The lowest BCUT2D eigenvalue weighted by molar-refractivity contribution is 0.238. The normalized spacial score (nSPS) is 20.0. The second-order valence-corrected chi connectivity index (χ2v) is 5.24. The maximum Gasteiger partial charge on any atom is 0.319 e. The first-order valence-corrected chi connectivity index (χ1v) is 7.22. The molecule has 2 amide bonds. The number of carbonyl (C=O) groups is 1. The lowest BCUT2D eigenvalue weighted by atomic mass is 10.1. The van der Waals surface area contributed by atoms with Gasteiger partial charge in [0.2, 0.25) is 0 Å². The molecular formula is C16H18N4O2. The van der Waals surface area contributed by atoms with E-state index in [1.807, 2.05) is 48.7 Å². The van der Waals surface area contributed by atoms with Crippen LogP contribution in [0.5, 0.6) is 0 Å². The van der Waals surface area contributed by atoms with Crippen LogP contribution < -0.4 is 10.6 Å². The molecule has 3 rings (SSSR count). The minimum absolute atomic E-state index is 0.0472. The highest BCUT2D eigenvalue weighted by atomic mass is 16.3. The number of rotatable bonds is 4. The molecule has 0 spiro atoms. The molecule has 2 atom stereocenters. The number of hydrogen-bond donors (Lipinski definition) is 3. The van der Waals surface area contributed by atoms with Crippen LogP contribution in [0.2, 0.25) is 0 Å². The predicted molar refractivity (Wildman–Crippen MR) is 83.8 cm³/mol. The third kappa shape index (κ3) is 3.17. The van der Waals surface area contributed by atoms with E-state index >= 15 is 0 Å². The number of urea groups is 1. The van der Waals surface area contributed by atoms with E-state index in [-0.39, 0.29) is 24.6 Å². The second-order valence-electron chi connectivity index (χ2n) is 5.24. The lowest BCUT2D eigenvalue weighted by Gasteiger charge is -2.15. The molecule has 1 aromatic carbocycles. The van der Waals surface area contributed by atoms with Crippen LogP contribution in [0.25, 0.3) is 5.69 Å². The summed E-state index contributed by atoms with van der Waals surface area (Å²) in [4.78, 5) is 12.1. The van der Waals surface area contributed by atoms with E-state index in [1.54, 1.807) is 10.9 Å². The first-order chi connectivity index (χ1) is 10.8. The minimum atomic E-state index is -0.271. The van der Waals surface area contributed by atoms with E-state index in [9.17, 15) is 4.79 Å². The molecule has 0 fully saturated rings. The van der Waals surface area contributed by atoms with Crippen LogP contribution in [0, 0.1) is 5.92 Å². The monoisotopic (exact) mass is 298 g/mol. The van der Waals surface area contributed by atoms with Gasteiger partial charge in [0.05, 0.1) is 11.4 Å². The molecule has 6 nitrogen and oxygen atoms in total. The molecule has 2 aromatic rings. The number of anilines is 1. The molecule has 3 N–H and O–H groups in total. The van der Waals surface area contributed by atoms with Gasteiger partial charge in [0.1, 0.15) is 0 Å². The van der Waals surface area contributed by atoms with Crippen molar-refractivity contribution in [3.8, 4) is 5.69 Å². The van der Waals surface area contributed by atoms with Gasteiger partial charge in [-0.3, -0.25) is 0 Å². The quantitative estimate of drug-likeness (QED) is 0.755. The summed E-state index contributed by atoms with van der Waals surface area (Å²) < 4.78 is 1.70. The summed E-state index contributed by atoms with van der Waals surface area (Å²) in [6.07, 6.45) is 8.09. The molecule has 1 heterocycles. The van der Waals surface area contributed by atoms with Crippen molar-refractivity contribution >= 4 is 11.7 Å². The number of nitrogens with zero attached hydrogens (tertiary/aromatic N) is 2. The van der Waals surface area contributed by atoms with Crippen molar-refractivity contribution in [1.82, 2.24) is 15.1 Å². The van der Waals surface area contributed by atoms with E-state index in [1.165, 1.54) is 0 Å². The fourth-order valence-corrected chi connectivity index (χ4v) is 2.53. The summed E-state index contributed by atoms with van der Waals surface area (Å²) in [5.74, 6) is 0.127. The number of para-hydroxylation sites is 2. The van der Waals surface area contributed by atoms with Crippen LogP contribution in [-0.4, -0.2) is 33.6 Å². The van der Waals surface area contributed by atoms with Gasteiger partial charge in [-0.1, -0.05) is 24.3 Å². The number of nitrogens with one attached hydrogen (secondary N) is 2. The first-order valence-electron chi connectivity index (χ1n) is 7.22. The van der Waals surface area contributed by atoms with Crippen molar-refractivity contribution in [3.63, 3.8) is 0 Å². The molecule has 1 aromatic heterocycles. The molecule has 0 radical (unpaired) electrons. The molecule has 6 heteroatoms. The van der Waals surface area contributed by atoms with Crippen molar-refractivity contribution in [2.24, 2.45) is 5.92 Å². The average molecular weight is 298 g/mol. The maximum absolute atomic E-state index is 12.1. The highest BCUT2D eigenvalue weighted by Crippen LogP contribution is 2.20. The Balaban J connectivity index is 1.66. The van der Waals surface area contributed by atoms with Gasteiger partial charge in [-0.05, 0) is 24.6 Å². The van der Waals surface area contributed by atoms with Crippen LogP contribution >= 0.6 is 0 Å². The number of carbonyl (C=O) groups excluding carboxylic acids is 1. The average Bonchev–Trinajstić information content (AvgIpc) is 3.19. The zero-order valence-electron chi connectivity index (χ0n) is 12.0. The molecule has 0 saturated heterocycles. The Labute approximate surface area is 128 Å². The second kappa shape index (κ2) is 6.44. The molecule has 0 saturated carbocycles. The van der Waals surface area contributed by atoms with Crippen molar-refractivity contribution in [2.45, 2.75) is 12.5 Å². The van der Waals surface area contributed by atoms with Gasteiger partial charge in [0.25, 0.3) is 0 Å². The zero-order chi connectivity index (χ0) is 15.4. The highest BCUT2D eigenvalue weighted by molar-refractivity contribution is 5.91. The summed E-state index contributed by atoms with van der Waals surface area (Å²) in [6, 6.07) is 8.99. The molecule has 1 aliphatic carbocycles. The number of aliphatic hydroxyl groups excluding tert-OH is 1. The Bertz CT molecular complexity index is 667. The largest absolute Gasteiger partial charge is 0.396 e. The fourth-order valence-electron chi connectivity index (χ4n) is 2.53. The van der Waals surface area contributed by atoms with Gasteiger partial charge >= 0.3 is 6.03 Å². The molecule has 0 aliphatic heterocycles. The summed E-state index contributed by atoms with van der Waals surface area (Å²) >= 11 is 0.